The van der Waals surface area contributed by atoms with E-state index in [-0.39, 0.29) is 21.7 Å². The third-order valence-corrected chi connectivity index (χ3v) is 13.9. The molecule has 0 fully saturated rings. The monoisotopic (exact) mass is 780 g/mol. The van der Waals surface area contributed by atoms with Crippen molar-refractivity contribution in [2.24, 2.45) is 0 Å². The summed E-state index contributed by atoms with van der Waals surface area (Å²) in [5.41, 5.74) is 11.3. The third kappa shape index (κ3) is 5.75. The van der Waals surface area contributed by atoms with Crippen LogP contribution in [0.25, 0.3) is 76.5 Å². The van der Waals surface area contributed by atoms with Crippen molar-refractivity contribution in [2.75, 3.05) is 0 Å². The minimum Gasteiger partial charge on any atom is -0.308 e. The predicted octanol–water partition coefficient (Wildman–Crippen LogP) is 16.0. The number of nitrogens with zero attached hydrogens (tertiary/aromatic N) is 2. The van der Waals surface area contributed by atoms with Crippen LogP contribution in [0.4, 0.5) is 0 Å². The van der Waals surface area contributed by atoms with E-state index in [2.05, 4.69) is 236 Å². The highest BCUT2D eigenvalue weighted by atomic mass is 15.0. The van der Waals surface area contributed by atoms with Gasteiger partial charge in [-0.2, -0.15) is 0 Å². The first-order chi connectivity index (χ1) is 28.6. The molecule has 2 heteroatoms. The van der Waals surface area contributed by atoms with Crippen LogP contribution >= 0.6 is 0 Å². The molecule has 60 heavy (non-hydrogen) atoms. The van der Waals surface area contributed by atoms with E-state index in [1.165, 1.54) is 98.8 Å². The molecule has 0 aliphatic heterocycles. The number of aromatic nitrogens is 2. The second-order valence-electron chi connectivity index (χ2n) is 19.1. The number of hydrogen-bond donors (Lipinski definition) is 0. The quantitative estimate of drug-likeness (QED) is 0.0966. The van der Waals surface area contributed by atoms with Gasteiger partial charge in [0.2, 0.25) is 0 Å². The molecule has 9 rings (SSSR count). The molecule has 0 aliphatic carbocycles. The van der Waals surface area contributed by atoms with E-state index >= 15 is 0 Å². The number of allylic oxidation sites excluding steroid dienone is 4. The Kier molecular flexibility index (Phi) is 8.85. The van der Waals surface area contributed by atoms with Crippen molar-refractivity contribution >= 4 is 65.2 Å². The molecule has 0 radical (unpaired) electrons. The van der Waals surface area contributed by atoms with E-state index in [0.717, 1.165) is 0 Å². The van der Waals surface area contributed by atoms with Crippen molar-refractivity contribution in [1.29, 1.82) is 0 Å². The molecule has 9 aromatic rings. The van der Waals surface area contributed by atoms with Crippen LogP contribution in [-0.2, 0) is 21.7 Å². The van der Waals surface area contributed by atoms with E-state index in [1.807, 2.05) is 0 Å². The summed E-state index contributed by atoms with van der Waals surface area (Å²) in [5.74, 6) is 0. The largest absolute Gasteiger partial charge is 0.308 e. The van der Waals surface area contributed by atoms with Crippen LogP contribution in [0.3, 0.4) is 0 Å². The molecule has 0 unspecified atom stereocenters. The Balaban J connectivity index is 1.44. The van der Waals surface area contributed by atoms with Crippen molar-refractivity contribution in [1.82, 2.24) is 9.13 Å². The van der Waals surface area contributed by atoms with Gasteiger partial charge in [0.15, 0.2) is 0 Å². The average molecular weight is 781 g/mol. The van der Waals surface area contributed by atoms with E-state index in [4.69, 9.17) is 0 Å². The molecule has 0 saturated heterocycles. The molecule has 298 valence electrons. The van der Waals surface area contributed by atoms with Gasteiger partial charge in [-0.15, -0.1) is 26.3 Å². The zero-order valence-electron chi connectivity index (χ0n) is 36.6. The topological polar surface area (TPSA) is 9.86 Å². The third-order valence-electron chi connectivity index (χ3n) is 13.9. The second kappa shape index (κ2) is 13.6. The summed E-state index contributed by atoms with van der Waals surface area (Å²) < 4.78 is 5.04. The number of hydrogen-bond acceptors (Lipinski definition) is 0. The van der Waals surface area contributed by atoms with E-state index in [9.17, 15) is 0 Å². The molecule has 0 N–H and O–H groups in total. The fraction of sp³-hybridized carbons (Fsp3) is 0.207. The highest BCUT2D eigenvalue weighted by Crippen LogP contribution is 2.46. The molecule has 0 bridgehead atoms. The average Bonchev–Trinajstić information content (AvgIpc) is 3.76. The van der Waals surface area contributed by atoms with Crippen LogP contribution in [0, 0.1) is 0 Å². The van der Waals surface area contributed by atoms with Gasteiger partial charge in [0.25, 0.3) is 0 Å². The van der Waals surface area contributed by atoms with Gasteiger partial charge in [-0.05, 0) is 70.8 Å². The van der Waals surface area contributed by atoms with Crippen LogP contribution in [0.5, 0.6) is 0 Å². The number of fused-ring (bicyclic) bond motifs is 8. The molecule has 2 heterocycles. The Morgan fingerprint density at radius 2 is 0.533 bits per heavy atom. The first-order valence-corrected chi connectivity index (χ1v) is 21.2. The van der Waals surface area contributed by atoms with Crippen LogP contribution < -0.4 is 0 Å². The van der Waals surface area contributed by atoms with Gasteiger partial charge in [-0.25, -0.2) is 0 Å². The first kappa shape index (κ1) is 39.1. The molecular formula is C58H56N2. The second-order valence-corrected chi connectivity index (χ2v) is 19.1. The van der Waals surface area contributed by atoms with Crippen LogP contribution in [0.15, 0.2) is 172 Å². The summed E-state index contributed by atoms with van der Waals surface area (Å²) in [4.78, 5) is 0. The van der Waals surface area contributed by atoms with Gasteiger partial charge in [-0.3, -0.25) is 0 Å². The Morgan fingerprint density at radius 3 is 0.733 bits per heavy atom. The van der Waals surface area contributed by atoms with Crippen molar-refractivity contribution in [3.05, 3.63) is 194 Å². The maximum Gasteiger partial charge on any atom is 0.0620 e. The van der Waals surface area contributed by atoms with Gasteiger partial charge in [0.1, 0.15) is 0 Å². The van der Waals surface area contributed by atoms with Gasteiger partial charge in [-0.1, -0.05) is 152 Å². The van der Waals surface area contributed by atoms with Gasteiger partial charge in [0.05, 0.1) is 33.4 Å². The Bertz CT molecular complexity index is 2850. The first-order valence-electron chi connectivity index (χ1n) is 21.2. The summed E-state index contributed by atoms with van der Waals surface area (Å²) in [6.07, 6.45) is 8.21. The van der Waals surface area contributed by atoms with Crippen molar-refractivity contribution < 1.29 is 0 Å². The van der Waals surface area contributed by atoms with Gasteiger partial charge < -0.3 is 9.13 Å². The standard InChI is InChI=1S/C58H56N2/c1-13-55(5,6)37-25-29-49-45(33-37)46-34-38(56(7,8)14-2)26-30-50(46)59(49)53-41-21-17-19-23-43(41)54(44-24-20-18-22-42(44)53)60-51-31-27-39(57(9,10)15-3)35-47(51)48-36-40(28-32-52(48)60)58(11,12)16-4/h13-36H,1-4H2,5-12H3. The normalized spacial score (nSPS) is 12.9. The van der Waals surface area contributed by atoms with E-state index in [0.29, 0.717) is 0 Å². The van der Waals surface area contributed by atoms with Crippen molar-refractivity contribution in [3.8, 4) is 11.4 Å². The lowest BCUT2D eigenvalue weighted by Crippen LogP contribution is -2.12. The minimum absolute atomic E-state index is 0.186. The molecule has 0 atom stereocenters. The number of rotatable bonds is 10. The SMILES string of the molecule is C=CC(C)(C)c1ccc2c(c1)c1cc(C(C)(C)C=C)ccc1n2-c1c2ccccc2c(-n2c3ccc(C(C)(C)C=C)cc3c3cc(C(C)(C)C=C)ccc32)c2ccccc12. The Hall–Kier alpha value is -6.38. The maximum absolute atomic E-state index is 4.21. The van der Waals surface area contributed by atoms with E-state index in [1.54, 1.807) is 0 Å². The minimum atomic E-state index is -0.186. The molecule has 0 amide bonds. The van der Waals surface area contributed by atoms with Gasteiger partial charge >= 0.3 is 0 Å². The molecule has 2 aromatic heterocycles. The smallest absolute Gasteiger partial charge is 0.0620 e. The summed E-state index contributed by atoms with van der Waals surface area (Å²) in [7, 11) is 0. The molecule has 0 spiro atoms. The molecule has 7 aromatic carbocycles. The van der Waals surface area contributed by atoms with E-state index < -0.39 is 0 Å². The lowest BCUT2D eigenvalue weighted by Gasteiger charge is -2.23. The maximum atomic E-state index is 4.21. The highest BCUT2D eigenvalue weighted by molar-refractivity contribution is 6.20. The summed E-state index contributed by atoms with van der Waals surface area (Å²) in [5, 5.41) is 9.70. The fourth-order valence-corrected chi connectivity index (χ4v) is 9.17. The summed E-state index contributed by atoms with van der Waals surface area (Å²) in [6.45, 7) is 34.7. The van der Waals surface area contributed by atoms with Crippen molar-refractivity contribution in [3.63, 3.8) is 0 Å². The molecule has 0 saturated carbocycles. The summed E-state index contributed by atoms with van der Waals surface area (Å²) in [6, 6.07) is 46.0. The van der Waals surface area contributed by atoms with Crippen LogP contribution in [0.2, 0.25) is 0 Å². The Labute approximate surface area is 355 Å². The molecular weight excluding hydrogens is 725 g/mol. The lowest BCUT2D eigenvalue weighted by molar-refractivity contribution is 0.672. The van der Waals surface area contributed by atoms with Gasteiger partial charge in [0, 0.05) is 64.7 Å². The van der Waals surface area contributed by atoms with Crippen LogP contribution in [-0.4, -0.2) is 9.13 Å². The number of benzene rings is 7. The zero-order valence-corrected chi connectivity index (χ0v) is 36.6. The summed E-state index contributed by atoms with van der Waals surface area (Å²) >= 11 is 0. The predicted molar refractivity (Wildman–Crippen MR) is 263 cm³/mol. The van der Waals surface area contributed by atoms with Crippen molar-refractivity contribution in [2.45, 2.75) is 77.0 Å². The Morgan fingerprint density at radius 1 is 0.317 bits per heavy atom. The lowest BCUT2D eigenvalue weighted by atomic mass is 9.83. The zero-order chi connectivity index (χ0) is 42.5. The highest BCUT2D eigenvalue weighted by Gasteiger charge is 2.27. The molecule has 2 nitrogen and oxygen atoms in total. The fourth-order valence-electron chi connectivity index (χ4n) is 9.17. The molecule has 0 aliphatic rings. The van der Waals surface area contributed by atoms with Crippen LogP contribution in [0.1, 0.15) is 77.6 Å².